The minimum atomic E-state index is -4.53. The first-order chi connectivity index (χ1) is 8.27. The number of ether oxygens (including phenoxy) is 1. The highest BCUT2D eigenvalue weighted by atomic mass is 35.5. The Kier molecular flexibility index (Phi) is 4.40. The Morgan fingerprint density at radius 2 is 2.06 bits per heavy atom. The third-order valence-electron chi connectivity index (χ3n) is 2.14. The minimum absolute atomic E-state index is 0.0347. The summed E-state index contributed by atoms with van der Waals surface area (Å²) < 4.78 is 42.1. The van der Waals surface area contributed by atoms with Gasteiger partial charge in [-0.15, -0.1) is 0 Å². The van der Waals surface area contributed by atoms with Crippen LogP contribution in [0.25, 0.3) is 5.57 Å². The SMILES string of the molecule is C=C(C(=O)OCC)c1ccc(C(F)(F)F)c(Cl)c1. The summed E-state index contributed by atoms with van der Waals surface area (Å²) in [6, 6.07) is 2.99. The van der Waals surface area contributed by atoms with E-state index < -0.39 is 22.7 Å². The van der Waals surface area contributed by atoms with E-state index in [4.69, 9.17) is 16.3 Å². The van der Waals surface area contributed by atoms with E-state index in [0.29, 0.717) is 0 Å². The molecule has 0 radical (unpaired) electrons. The minimum Gasteiger partial charge on any atom is -0.462 e. The molecule has 6 heteroatoms. The molecule has 0 heterocycles. The van der Waals surface area contributed by atoms with Crippen LogP contribution >= 0.6 is 11.6 Å². The topological polar surface area (TPSA) is 26.3 Å². The molecule has 0 amide bonds. The van der Waals surface area contributed by atoms with Crippen LogP contribution < -0.4 is 0 Å². The number of hydrogen-bond acceptors (Lipinski definition) is 2. The summed E-state index contributed by atoms with van der Waals surface area (Å²) >= 11 is 5.53. The van der Waals surface area contributed by atoms with Gasteiger partial charge in [-0.3, -0.25) is 0 Å². The molecule has 18 heavy (non-hydrogen) atoms. The molecule has 1 rings (SSSR count). The first-order valence-electron chi connectivity index (χ1n) is 5.00. The zero-order valence-electron chi connectivity index (χ0n) is 9.47. The lowest BCUT2D eigenvalue weighted by molar-refractivity contribution is -0.137. The van der Waals surface area contributed by atoms with Crippen molar-refractivity contribution in [3.05, 3.63) is 40.9 Å². The Morgan fingerprint density at radius 3 is 2.50 bits per heavy atom. The molecule has 0 spiro atoms. The maximum Gasteiger partial charge on any atom is 0.417 e. The van der Waals surface area contributed by atoms with Gasteiger partial charge in [0.05, 0.1) is 22.8 Å². The highest BCUT2D eigenvalue weighted by molar-refractivity contribution is 6.32. The maximum absolute atomic E-state index is 12.5. The molecule has 0 aromatic heterocycles. The number of hydrogen-bond donors (Lipinski definition) is 0. The fourth-order valence-corrected chi connectivity index (χ4v) is 1.56. The molecule has 0 unspecified atom stereocenters. The molecule has 0 N–H and O–H groups in total. The highest BCUT2D eigenvalue weighted by Gasteiger charge is 2.33. The molecule has 0 aliphatic heterocycles. The van der Waals surface area contributed by atoms with Gasteiger partial charge in [-0.05, 0) is 24.6 Å². The molecule has 0 saturated heterocycles. The van der Waals surface area contributed by atoms with Crippen LogP contribution in [0.1, 0.15) is 18.1 Å². The molecule has 2 nitrogen and oxygen atoms in total. The zero-order valence-corrected chi connectivity index (χ0v) is 10.2. The van der Waals surface area contributed by atoms with Crippen molar-refractivity contribution in [2.75, 3.05) is 6.61 Å². The van der Waals surface area contributed by atoms with Gasteiger partial charge in [0.1, 0.15) is 0 Å². The van der Waals surface area contributed by atoms with E-state index in [1.165, 1.54) is 0 Å². The number of halogens is 4. The van der Waals surface area contributed by atoms with Gasteiger partial charge in [-0.25, -0.2) is 4.79 Å². The van der Waals surface area contributed by atoms with Gasteiger partial charge in [0, 0.05) is 0 Å². The lowest BCUT2D eigenvalue weighted by atomic mass is 10.1. The van der Waals surface area contributed by atoms with Crippen molar-refractivity contribution in [1.82, 2.24) is 0 Å². The largest absolute Gasteiger partial charge is 0.462 e. The van der Waals surface area contributed by atoms with E-state index in [1.54, 1.807) is 6.92 Å². The van der Waals surface area contributed by atoms with E-state index in [2.05, 4.69) is 6.58 Å². The normalized spacial score (nSPS) is 11.2. The number of alkyl halides is 3. The average Bonchev–Trinajstić information content (AvgIpc) is 2.26. The molecular weight excluding hydrogens is 269 g/mol. The molecule has 0 aliphatic rings. The molecular formula is C12H10ClF3O2. The number of esters is 1. The van der Waals surface area contributed by atoms with Gasteiger partial charge in [0.25, 0.3) is 0 Å². The summed E-state index contributed by atoms with van der Waals surface area (Å²) in [5, 5.41) is -0.481. The quantitative estimate of drug-likeness (QED) is 0.618. The molecule has 0 aliphatic carbocycles. The molecule has 0 saturated carbocycles. The second-order valence-electron chi connectivity index (χ2n) is 3.39. The van der Waals surface area contributed by atoms with E-state index in [-0.39, 0.29) is 17.7 Å². The fourth-order valence-electron chi connectivity index (χ4n) is 1.27. The monoisotopic (exact) mass is 278 g/mol. The zero-order chi connectivity index (χ0) is 13.9. The summed E-state index contributed by atoms with van der Waals surface area (Å²) in [7, 11) is 0. The van der Waals surface area contributed by atoms with Crippen LogP contribution in [-0.2, 0) is 15.7 Å². The summed E-state index contributed by atoms with van der Waals surface area (Å²) in [5.41, 5.74) is -0.788. The smallest absolute Gasteiger partial charge is 0.417 e. The van der Waals surface area contributed by atoms with Crippen molar-refractivity contribution >= 4 is 23.1 Å². The van der Waals surface area contributed by atoms with Crippen LogP contribution in [0, 0.1) is 0 Å². The number of carbonyl (C=O) groups excluding carboxylic acids is 1. The highest BCUT2D eigenvalue weighted by Crippen LogP contribution is 2.35. The molecule has 0 bridgehead atoms. The van der Waals surface area contributed by atoms with Crippen molar-refractivity contribution in [1.29, 1.82) is 0 Å². The van der Waals surface area contributed by atoms with Crippen molar-refractivity contribution in [3.63, 3.8) is 0 Å². The van der Waals surface area contributed by atoms with Gasteiger partial charge < -0.3 is 4.74 Å². The van der Waals surface area contributed by atoms with Crippen molar-refractivity contribution in [2.24, 2.45) is 0 Å². The van der Waals surface area contributed by atoms with E-state index in [1.807, 2.05) is 0 Å². The van der Waals surface area contributed by atoms with Gasteiger partial charge in [-0.2, -0.15) is 13.2 Å². The summed E-state index contributed by atoms with van der Waals surface area (Å²) in [6.07, 6.45) is -4.53. The molecule has 0 fully saturated rings. The summed E-state index contributed by atoms with van der Waals surface area (Å²) in [5.74, 6) is -0.687. The van der Waals surface area contributed by atoms with Gasteiger partial charge >= 0.3 is 12.1 Å². The van der Waals surface area contributed by atoms with Gasteiger partial charge in [0.15, 0.2) is 0 Å². The van der Waals surface area contributed by atoms with Crippen molar-refractivity contribution in [2.45, 2.75) is 13.1 Å². The predicted molar refractivity (Wildman–Crippen MR) is 62.1 cm³/mol. The van der Waals surface area contributed by atoms with E-state index in [0.717, 1.165) is 18.2 Å². The second-order valence-corrected chi connectivity index (χ2v) is 3.80. The third kappa shape index (κ3) is 3.26. The maximum atomic E-state index is 12.5. The number of rotatable bonds is 3. The van der Waals surface area contributed by atoms with Crippen molar-refractivity contribution in [3.8, 4) is 0 Å². The Labute approximate surface area is 107 Å². The van der Waals surface area contributed by atoms with Crippen LogP contribution in [0.3, 0.4) is 0 Å². The van der Waals surface area contributed by atoms with Crippen LogP contribution in [-0.4, -0.2) is 12.6 Å². The Bertz CT molecular complexity index is 481. The Balaban J connectivity index is 3.05. The predicted octanol–water partition coefficient (Wildman–Crippen LogP) is 3.94. The number of carbonyl (C=O) groups is 1. The lowest BCUT2D eigenvalue weighted by Gasteiger charge is -2.11. The van der Waals surface area contributed by atoms with Crippen LogP contribution in [0.2, 0.25) is 5.02 Å². The number of benzene rings is 1. The first kappa shape index (κ1) is 14.6. The summed E-state index contributed by atoms with van der Waals surface area (Å²) in [6.45, 7) is 5.24. The second kappa shape index (κ2) is 5.44. The fraction of sp³-hybridized carbons (Fsp3) is 0.250. The molecule has 1 aromatic carbocycles. The van der Waals surface area contributed by atoms with Crippen molar-refractivity contribution < 1.29 is 22.7 Å². The average molecular weight is 279 g/mol. The van der Waals surface area contributed by atoms with Gasteiger partial charge in [0.2, 0.25) is 0 Å². The standard InChI is InChI=1S/C12H10ClF3O2/c1-3-18-11(17)7(2)8-4-5-9(10(13)6-8)12(14,15)16/h4-6H,2-3H2,1H3. The van der Waals surface area contributed by atoms with Crippen LogP contribution in [0.15, 0.2) is 24.8 Å². The van der Waals surface area contributed by atoms with Crippen LogP contribution in [0.4, 0.5) is 13.2 Å². The Hall–Kier alpha value is -1.49. The lowest BCUT2D eigenvalue weighted by Crippen LogP contribution is -2.08. The van der Waals surface area contributed by atoms with E-state index in [9.17, 15) is 18.0 Å². The summed E-state index contributed by atoms with van der Waals surface area (Å²) in [4.78, 5) is 11.3. The third-order valence-corrected chi connectivity index (χ3v) is 2.46. The molecule has 98 valence electrons. The molecule has 0 atom stereocenters. The molecule has 1 aromatic rings. The van der Waals surface area contributed by atoms with E-state index >= 15 is 0 Å². The first-order valence-corrected chi connectivity index (χ1v) is 5.38. The van der Waals surface area contributed by atoms with Crippen LogP contribution in [0.5, 0.6) is 0 Å². The van der Waals surface area contributed by atoms with Gasteiger partial charge in [-0.1, -0.05) is 24.2 Å². The Morgan fingerprint density at radius 1 is 1.44 bits per heavy atom.